The molecule has 1 heterocycles. The largest absolute Gasteiger partial charge is 0.484 e. The van der Waals surface area contributed by atoms with Gasteiger partial charge in [0.15, 0.2) is 6.61 Å². The Hall–Kier alpha value is -3.15. The molecule has 1 N–H and O–H groups in total. The summed E-state index contributed by atoms with van der Waals surface area (Å²) in [6.45, 7) is 1.13. The minimum Gasteiger partial charge on any atom is -0.484 e. The summed E-state index contributed by atoms with van der Waals surface area (Å²) in [5.41, 5.74) is 2.49. The number of aliphatic carboxylic acids is 1. The number of hydrogen-bond acceptors (Lipinski definition) is 4. The predicted molar refractivity (Wildman–Crippen MR) is 89.5 cm³/mol. The average Bonchev–Trinajstić information content (AvgIpc) is 2.65. The zero-order chi connectivity index (χ0) is 17.8. The molecule has 3 rings (SSSR count). The molecule has 6 nitrogen and oxygen atoms in total. The van der Waals surface area contributed by atoms with Crippen LogP contribution in [0.5, 0.6) is 5.75 Å². The number of Topliss-reactive ketones (excluding diaryl/α,β-unsaturated/α-hetero) is 1. The van der Waals surface area contributed by atoms with Crippen LogP contribution in [0.15, 0.2) is 48.5 Å². The number of rotatable bonds is 5. The first-order chi connectivity index (χ1) is 12.0. The predicted octanol–water partition coefficient (Wildman–Crippen LogP) is 1.92. The van der Waals surface area contributed by atoms with Gasteiger partial charge in [-0.15, -0.1) is 0 Å². The second-order valence-corrected chi connectivity index (χ2v) is 5.78. The van der Waals surface area contributed by atoms with E-state index in [9.17, 15) is 14.4 Å². The highest BCUT2D eigenvalue weighted by molar-refractivity contribution is 6.39. The van der Waals surface area contributed by atoms with E-state index in [1.807, 2.05) is 18.2 Å². The van der Waals surface area contributed by atoms with Crippen LogP contribution < -0.4 is 4.74 Å². The second-order valence-electron chi connectivity index (χ2n) is 5.78. The van der Waals surface area contributed by atoms with Crippen molar-refractivity contribution >= 4 is 17.7 Å². The van der Waals surface area contributed by atoms with Crippen molar-refractivity contribution in [1.82, 2.24) is 4.90 Å². The van der Waals surface area contributed by atoms with Gasteiger partial charge in [-0.2, -0.15) is 0 Å². The summed E-state index contributed by atoms with van der Waals surface area (Å²) in [7, 11) is 0. The number of carbonyl (C=O) groups excluding carboxylic acids is 2. The fourth-order valence-electron chi connectivity index (χ4n) is 2.77. The van der Waals surface area contributed by atoms with Gasteiger partial charge in [0, 0.05) is 18.7 Å². The zero-order valence-electron chi connectivity index (χ0n) is 13.5. The van der Waals surface area contributed by atoms with Crippen LogP contribution in [0, 0.1) is 0 Å². The first-order valence-corrected chi connectivity index (χ1v) is 7.89. The van der Waals surface area contributed by atoms with E-state index < -0.39 is 11.8 Å². The number of carboxylic acids is 1. The van der Waals surface area contributed by atoms with Gasteiger partial charge in [0.1, 0.15) is 5.75 Å². The number of ketones is 1. The maximum atomic E-state index is 12.3. The first-order valence-electron chi connectivity index (χ1n) is 7.89. The summed E-state index contributed by atoms with van der Waals surface area (Å²) in [6.07, 6.45) is 0.827. The van der Waals surface area contributed by atoms with Crippen LogP contribution >= 0.6 is 0 Å². The van der Waals surface area contributed by atoms with Crippen molar-refractivity contribution < 1.29 is 24.2 Å². The first kappa shape index (κ1) is 16.7. The standard InChI is InChI=1S/C19H17NO5/c21-17(20-10-9-13-3-1-2-4-15(13)11-20)12-25-16-7-5-14(6-8-16)18(22)19(23)24/h1-8H,9-12H2,(H,23,24). The summed E-state index contributed by atoms with van der Waals surface area (Å²) >= 11 is 0. The Bertz CT molecular complexity index is 813. The molecule has 0 aliphatic carbocycles. The monoisotopic (exact) mass is 339 g/mol. The Labute approximate surface area is 144 Å². The van der Waals surface area contributed by atoms with Crippen molar-refractivity contribution in [3.63, 3.8) is 0 Å². The molecule has 1 aliphatic rings. The molecular formula is C19H17NO5. The van der Waals surface area contributed by atoms with Crippen LogP contribution in [-0.4, -0.2) is 40.8 Å². The number of fused-ring (bicyclic) bond motifs is 1. The van der Waals surface area contributed by atoms with E-state index in [0.717, 1.165) is 12.0 Å². The summed E-state index contributed by atoms with van der Waals surface area (Å²) in [6, 6.07) is 13.8. The van der Waals surface area contributed by atoms with Gasteiger partial charge in [-0.05, 0) is 41.8 Å². The maximum absolute atomic E-state index is 12.3. The average molecular weight is 339 g/mol. The Morgan fingerprint density at radius 3 is 2.36 bits per heavy atom. The van der Waals surface area contributed by atoms with Crippen LogP contribution in [0.2, 0.25) is 0 Å². The van der Waals surface area contributed by atoms with E-state index in [0.29, 0.717) is 18.8 Å². The lowest BCUT2D eigenvalue weighted by Gasteiger charge is -2.28. The molecule has 0 saturated carbocycles. The summed E-state index contributed by atoms with van der Waals surface area (Å²) < 4.78 is 5.45. The van der Waals surface area contributed by atoms with Crippen LogP contribution in [0.1, 0.15) is 21.5 Å². The van der Waals surface area contributed by atoms with Crippen molar-refractivity contribution in [1.29, 1.82) is 0 Å². The molecule has 1 amide bonds. The van der Waals surface area contributed by atoms with E-state index in [1.165, 1.54) is 29.8 Å². The fourth-order valence-corrected chi connectivity index (χ4v) is 2.77. The van der Waals surface area contributed by atoms with Gasteiger partial charge in [0.2, 0.25) is 0 Å². The number of amides is 1. The Balaban J connectivity index is 1.56. The molecule has 6 heteroatoms. The van der Waals surface area contributed by atoms with Crippen molar-refractivity contribution in [3.8, 4) is 5.75 Å². The number of ether oxygens (including phenoxy) is 1. The molecule has 1 aliphatic heterocycles. The van der Waals surface area contributed by atoms with Crippen LogP contribution in [0.25, 0.3) is 0 Å². The molecule has 0 atom stereocenters. The fraction of sp³-hybridized carbons (Fsp3) is 0.211. The van der Waals surface area contributed by atoms with E-state index in [1.54, 1.807) is 4.90 Å². The molecule has 0 fully saturated rings. The lowest BCUT2D eigenvalue weighted by molar-refractivity contribution is -0.134. The quantitative estimate of drug-likeness (QED) is 0.664. The van der Waals surface area contributed by atoms with E-state index in [4.69, 9.17) is 9.84 Å². The van der Waals surface area contributed by atoms with E-state index in [-0.39, 0.29) is 18.1 Å². The minimum absolute atomic E-state index is 0.0683. The van der Waals surface area contributed by atoms with Gasteiger partial charge in [-0.3, -0.25) is 9.59 Å². The number of carbonyl (C=O) groups is 3. The lowest BCUT2D eigenvalue weighted by Crippen LogP contribution is -2.38. The molecule has 0 bridgehead atoms. The molecule has 25 heavy (non-hydrogen) atoms. The number of nitrogens with zero attached hydrogens (tertiary/aromatic N) is 1. The highest BCUT2D eigenvalue weighted by Crippen LogP contribution is 2.19. The SMILES string of the molecule is O=C(O)C(=O)c1ccc(OCC(=O)N2CCc3ccccc3C2)cc1. The summed E-state index contributed by atoms with van der Waals surface area (Å²) in [5, 5.41) is 8.66. The van der Waals surface area contributed by atoms with Gasteiger partial charge in [0.05, 0.1) is 0 Å². The molecule has 2 aromatic carbocycles. The maximum Gasteiger partial charge on any atom is 0.377 e. The lowest BCUT2D eigenvalue weighted by atomic mass is 10.00. The van der Waals surface area contributed by atoms with Gasteiger partial charge >= 0.3 is 5.97 Å². The molecular weight excluding hydrogens is 322 g/mol. The number of carboxylic acid groups (broad SMARTS) is 1. The second kappa shape index (κ2) is 7.17. The van der Waals surface area contributed by atoms with Gasteiger partial charge in [-0.25, -0.2) is 4.79 Å². The third-order valence-electron chi connectivity index (χ3n) is 4.16. The normalized spacial score (nSPS) is 13.0. The van der Waals surface area contributed by atoms with Crippen LogP contribution in [-0.2, 0) is 22.6 Å². The van der Waals surface area contributed by atoms with Crippen LogP contribution in [0.4, 0.5) is 0 Å². The highest BCUT2D eigenvalue weighted by Gasteiger charge is 2.20. The van der Waals surface area contributed by atoms with Gasteiger partial charge in [-0.1, -0.05) is 24.3 Å². The molecule has 0 unspecified atom stereocenters. The van der Waals surface area contributed by atoms with E-state index in [2.05, 4.69) is 6.07 Å². The third-order valence-corrected chi connectivity index (χ3v) is 4.16. The molecule has 2 aromatic rings. The van der Waals surface area contributed by atoms with Crippen LogP contribution in [0.3, 0.4) is 0 Å². The smallest absolute Gasteiger partial charge is 0.377 e. The molecule has 0 radical (unpaired) electrons. The van der Waals surface area contributed by atoms with Gasteiger partial charge in [0.25, 0.3) is 11.7 Å². The Morgan fingerprint density at radius 1 is 1.00 bits per heavy atom. The van der Waals surface area contributed by atoms with Crippen molar-refractivity contribution in [2.45, 2.75) is 13.0 Å². The molecule has 0 saturated heterocycles. The van der Waals surface area contributed by atoms with Crippen molar-refractivity contribution in [2.24, 2.45) is 0 Å². The van der Waals surface area contributed by atoms with Crippen molar-refractivity contribution in [2.75, 3.05) is 13.2 Å². The Morgan fingerprint density at radius 2 is 1.68 bits per heavy atom. The zero-order valence-corrected chi connectivity index (χ0v) is 13.5. The number of benzene rings is 2. The molecule has 0 spiro atoms. The van der Waals surface area contributed by atoms with Crippen molar-refractivity contribution in [3.05, 3.63) is 65.2 Å². The topological polar surface area (TPSA) is 83.9 Å². The number of hydrogen-bond donors (Lipinski definition) is 1. The summed E-state index contributed by atoms with van der Waals surface area (Å²) in [4.78, 5) is 36.0. The molecule has 128 valence electrons. The minimum atomic E-state index is -1.51. The van der Waals surface area contributed by atoms with Gasteiger partial charge < -0.3 is 14.7 Å². The van der Waals surface area contributed by atoms with E-state index >= 15 is 0 Å². The third kappa shape index (κ3) is 3.85. The molecule has 0 aromatic heterocycles. The summed E-state index contributed by atoms with van der Waals surface area (Å²) in [5.74, 6) is -2.18. The highest BCUT2D eigenvalue weighted by atomic mass is 16.5. The Kier molecular flexibility index (Phi) is 4.79.